The van der Waals surface area contributed by atoms with Gasteiger partial charge in [0.05, 0.1) is 5.92 Å². The van der Waals surface area contributed by atoms with Crippen molar-refractivity contribution in [2.45, 2.75) is 12.6 Å². The van der Waals surface area contributed by atoms with Gasteiger partial charge in [-0.1, -0.05) is 30.2 Å². The van der Waals surface area contributed by atoms with Crippen LogP contribution in [0.15, 0.2) is 23.1 Å². The van der Waals surface area contributed by atoms with E-state index in [1.165, 1.54) is 6.08 Å². The number of nitrogens with two attached hydrogens (primary N) is 1. The van der Waals surface area contributed by atoms with Gasteiger partial charge < -0.3 is 0 Å². The first-order chi connectivity index (χ1) is 5.54. The summed E-state index contributed by atoms with van der Waals surface area (Å²) in [5.41, 5.74) is 0. The number of alkyl halides is 3. The van der Waals surface area contributed by atoms with Crippen LogP contribution < -0.4 is 5.14 Å². The van der Waals surface area contributed by atoms with Crippen molar-refractivity contribution in [3.63, 3.8) is 0 Å². The molecule has 1 atom stereocenters. The molecule has 0 spiro atoms. The number of hydrogen-bond donors (Lipinski definition) is 1. The Kier molecular flexibility index (Phi) is 2.85. The molecule has 5 heteroatoms. The van der Waals surface area contributed by atoms with Crippen LogP contribution in [-0.2, 0) is 0 Å². The molecule has 1 nitrogen and oxygen atoms in total. The first-order valence-electron chi connectivity index (χ1n) is 3.35. The van der Waals surface area contributed by atoms with Gasteiger partial charge in [-0.05, 0) is 6.42 Å². The van der Waals surface area contributed by atoms with Gasteiger partial charge in [0, 0.05) is 4.91 Å². The predicted octanol–water partition coefficient (Wildman–Crippen LogP) is 2.62. The number of halogens is 3. The molecule has 1 aliphatic rings. The van der Waals surface area contributed by atoms with Gasteiger partial charge in [-0.15, -0.1) is 0 Å². The highest BCUT2D eigenvalue weighted by molar-refractivity contribution is 8.00. The van der Waals surface area contributed by atoms with Crippen LogP contribution in [0.25, 0.3) is 0 Å². The highest BCUT2D eigenvalue weighted by atomic mass is 32.2. The highest BCUT2D eigenvalue weighted by Crippen LogP contribution is 2.36. The van der Waals surface area contributed by atoms with E-state index in [2.05, 4.69) is 0 Å². The molecule has 1 rings (SSSR count). The lowest BCUT2D eigenvalue weighted by molar-refractivity contribution is -0.160. The van der Waals surface area contributed by atoms with Gasteiger partial charge in [0.2, 0.25) is 0 Å². The van der Waals surface area contributed by atoms with E-state index in [1.807, 2.05) is 0 Å². The fraction of sp³-hybridized carbons (Fsp3) is 0.429. The average molecular weight is 195 g/mol. The van der Waals surface area contributed by atoms with E-state index in [9.17, 15) is 13.2 Å². The van der Waals surface area contributed by atoms with Crippen molar-refractivity contribution < 1.29 is 13.2 Å². The minimum atomic E-state index is -4.15. The van der Waals surface area contributed by atoms with Crippen LogP contribution in [0.5, 0.6) is 0 Å². The van der Waals surface area contributed by atoms with Gasteiger partial charge in [-0.3, -0.25) is 5.14 Å². The van der Waals surface area contributed by atoms with E-state index in [0.717, 1.165) is 18.0 Å². The van der Waals surface area contributed by atoms with E-state index in [1.54, 1.807) is 6.08 Å². The molecule has 0 heterocycles. The van der Waals surface area contributed by atoms with E-state index >= 15 is 0 Å². The third-order valence-electron chi connectivity index (χ3n) is 1.62. The highest BCUT2D eigenvalue weighted by Gasteiger charge is 2.38. The zero-order valence-corrected chi connectivity index (χ0v) is 6.95. The Morgan fingerprint density at radius 1 is 1.50 bits per heavy atom. The van der Waals surface area contributed by atoms with Crippen LogP contribution in [0, 0.1) is 5.92 Å². The van der Waals surface area contributed by atoms with Crippen LogP contribution in [0.4, 0.5) is 13.2 Å². The maximum absolute atomic E-state index is 12.1. The Bertz CT molecular complexity index is 219. The molecule has 0 bridgehead atoms. The third kappa shape index (κ3) is 2.28. The summed E-state index contributed by atoms with van der Waals surface area (Å²) in [6.45, 7) is 0. The van der Waals surface area contributed by atoms with Crippen molar-refractivity contribution in [1.82, 2.24) is 0 Å². The number of hydrogen-bond acceptors (Lipinski definition) is 2. The summed E-state index contributed by atoms with van der Waals surface area (Å²) in [5.74, 6) is -1.37. The van der Waals surface area contributed by atoms with Crippen molar-refractivity contribution >= 4 is 11.9 Å². The topological polar surface area (TPSA) is 26.0 Å². The minimum Gasteiger partial charge on any atom is -0.274 e. The third-order valence-corrected chi connectivity index (χ3v) is 2.22. The van der Waals surface area contributed by atoms with Crippen molar-refractivity contribution in [2.75, 3.05) is 0 Å². The summed E-state index contributed by atoms with van der Waals surface area (Å²) in [5, 5.41) is 5.16. The second-order valence-electron chi connectivity index (χ2n) is 2.49. The summed E-state index contributed by atoms with van der Waals surface area (Å²) in [6.07, 6.45) is -0.0175. The zero-order valence-electron chi connectivity index (χ0n) is 6.14. The average Bonchev–Trinajstić information content (AvgIpc) is 2.03. The number of rotatable bonds is 1. The van der Waals surface area contributed by atoms with Crippen LogP contribution in [-0.4, -0.2) is 6.18 Å². The molecule has 0 amide bonds. The molecule has 0 saturated heterocycles. The molecule has 1 unspecified atom stereocenters. The Morgan fingerprint density at radius 3 is 2.67 bits per heavy atom. The molecule has 0 fully saturated rings. The van der Waals surface area contributed by atoms with Gasteiger partial charge >= 0.3 is 6.18 Å². The van der Waals surface area contributed by atoms with Gasteiger partial charge in [0.25, 0.3) is 0 Å². The zero-order chi connectivity index (χ0) is 9.19. The molecule has 0 aliphatic heterocycles. The molecule has 0 radical (unpaired) electrons. The van der Waals surface area contributed by atoms with E-state index in [0.29, 0.717) is 4.91 Å². The van der Waals surface area contributed by atoms with Gasteiger partial charge in [0.15, 0.2) is 0 Å². The van der Waals surface area contributed by atoms with Crippen LogP contribution in [0.2, 0.25) is 0 Å². The molecule has 1 aliphatic carbocycles. The minimum absolute atomic E-state index is 0.0266. The quantitative estimate of drug-likeness (QED) is 0.651. The molecule has 2 N–H and O–H groups in total. The predicted molar refractivity (Wildman–Crippen MR) is 43.2 cm³/mol. The lowest BCUT2D eigenvalue weighted by atomic mass is 10.0. The number of allylic oxidation sites excluding steroid dienone is 4. The first-order valence-corrected chi connectivity index (χ1v) is 4.23. The molecule has 12 heavy (non-hydrogen) atoms. The second-order valence-corrected chi connectivity index (χ2v) is 3.25. The Morgan fingerprint density at radius 2 is 2.17 bits per heavy atom. The van der Waals surface area contributed by atoms with E-state index in [4.69, 9.17) is 5.14 Å². The largest absolute Gasteiger partial charge is 0.395 e. The normalized spacial score (nSPS) is 24.0. The van der Waals surface area contributed by atoms with Crippen molar-refractivity contribution in [3.05, 3.63) is 23.1 Å². The molecule has 0 aromatic carbocycles. The van der Waals surface area contributed by atoms with Crippen molar-refractivity contribution in [2.24, 2.45) is 11.1 Å². The molecule has 0 aromatic rings. The fourth-order valence-corrected chi connectivity index (χ4v) is 1.39. The Balaban J connectivity index is 2.65. The molecule has 0 saturated carbocycles. The maximum atomic E-state index is 12.1. The van der Waals surface area contributed by atoms with Crippen LogP contribution in [0.3, 0.4) is 0 Å². The molecular formula is C7H8F3NS. The summed E-state index contributed by atoms with van der Waals surface area (Å²) >= 11 is 0.875. The van der Waals surface area contributed by atoms with Gasteiger partial charge in [0.1, 0.15) is 0 Å². The van der Waals surface area contributed by atoms with E-state index < -0.39 is 12.1 Å². The lowest BCUT2D eigenvalue weighted by Crippen LogP contribution is -2.22. The fourth-order valence-electron chi connectivity index (χ4n) is 0.962. The molecule has 0 aromatic heterocycles. The van der Waals surface area contributed by atoms with Gasteiger partial charge in [-0.25, -0.2) is 0 Å². The smallest absolute Gasteiger partial charge is 0.274 e. The Labute approximate surface area is 72.6 Å². The summed E-state index contributed by atoms with van der Waals surface area (Å²) < 4.78 is 36.4. The van der Waals surface area contributed by atoms with Crippen molar-refractivity contribution in [3.8, 4) is 0 Å². The summed E-state index contributed by atoms with van der Waals surface area (Å²) in [4.78, 5) is 0.569. The monoisotopic (exact) mass is 195 g/mol. The molecule has 68 valence electrons. The SMILES string of the molecule is NSC1=CC=CC(C(F)(F)F)C1. The van der Waals surface area contributed by atoms with Crippen molar-refractivity contribution in [1.29, 1.82) is 0 Å². The lowest BCUT2D eigenvalue weighted by Gasteiger charge is -2.19. The Hall–Kier alpha value is -0.420. The molecular weight excluding hydrogens is 187 g/mol. The first kappa shape index (κ1) is 9.67. The van der Waals surface area contributed by atoms with Gasteiger partial charge in [-0.2, -0.15) is 13.2 Å². The maximum Gasteiger partial charge on any atom is 0.395 e. The second kappa shape index (κ2) is 3.53. The summed E-state index contributed by atoms with van der Waals surface area (Å²) in [6, 6.07) is 0. The standard InChI is InChI=1S/C7H8F3NS/c8-7(9,10)5-2-1-3-6(4-5)12-11/h1-3,5H,4,11H2. The summed E-state index contributed by atoms with van der Waals surface area (Å²) in [7, 11) is 0. The van der Waals surface area contributed by atoms with E-state index in [-0.39, 0.29) is 6.42 Å². The van der Waals surface area contributed by atoms with Crippen LogP contribution in [0.1, 0.15) is 6.42 Å². The van der Waals surface area contributed by atoms with Crippen LogP contribution >= 0.6 is 11.9 Å².